The number of H-pyrrole nitrogens is 1. The maximum Gasteiger partial charge on any atom is 0.259 e. The van der Waals surface area contributed by atoms with Crippen LogP contribution in [0.1, 0.15) is 21.7 Å². The highest BCUT2D eigenvalue weighted by atomic mass is 16.5. The Morgan fingerprint density at radius 2 is 1.80 bits per heavy atom. The summed E-state index contributed by atoms with van der Waals surface area (Å²) in [5.41, 5.74) is 4.38. The van der Waals surface area contributed by atoms with Crippen LogP contribution in [0.2, 0.25) is 0 Å². The van der Waals surface area contributed by atoms with Crippen molar-refractivity contribution in [2.75, 3.05) is 12.4 Å². The Labute approximate surface area is 202 Å². The van der Waals surface area contributed by atoms with Gasteiger partial charge in [0.25, 0.3) is 5.91 Å². The summed E-state index contributed by atoms with van der Waals surface area (Å²) in [7, 11) is 1.61. The SMILES string of the molecule is COc1cccc(-c2nn(Cc3ccccc3)cc2C(=O)Nc2cccc(-c3n[nH]c(C)n3)c2)c1. The van der Waals surface area contributed by atoms with Crippen LogP contribution < -0.4 is 10.1 Å². The first-order valence-electron chi connectivity index (χ1n) is 11.2. The molecule has 8 heteroatoms. The molecule has 5 rings (SSSR count). The zero-order valence-electron chi connectivity index (χ0n) is 19.4. The van der Waals surface area contributed by atoms with E-state index in [9.17, 15) is 4.79 Å². The van der Waals surface area contributed by atoms with Crippen LogP contribution in [0.15, 0.2) is 85.1 Å². The van der Waals surface area contributed by atoms with E-state index in [-0.39, 0.29) is 5.91 Å². The van der Waals surface area contributed by atoms with Crippen molar-refractivity contribution < 1.29 is 9.53 Å². The van der Waals surface area contributed by atoms with Crippen molar-refractivity contribution in [2.45, 2.75) is 13.5 Å². The van der Waals surface area contributed by atoms with Gasteiger partial charge in [0.15, 0.2) is 5.82 Å². The number of nitrogens with zero attached hydrogens (tertiary/aromatic N) is 4. The van der Waals surface area contributed by atoms with Crippen LogP contribution in [0.4, 0.5) is 5.69 Å². The monoisotopic (exact) mass is 464 g/mol. The van der Waals surface area contributed by atoms with Crippen molar-refractivity contribution >= 4 is 11.6 Å². The minimum atomic E-state index is -0.259. The number of hydrogen-bond donors (Lipinski definition) is 2. The highest BCUT2D eigenvalue weighted by Gasteiger charge is 2.19. The molecule has 5 aromatic rings. The molecule has 0 aliphatic carbocycles. The number of anilines is 1. The zero-order valence-corrected chi connectivity index (χ0v) is 19.4. The minimum absolute atomic E-state index is 0.259. The van der Waals surface area contributed by atoms with Gasteiger partial charge in [0.05, 0.1) is 19.2 Å². The molecule has 174 valence electrons. The fraction of sp³-hybridized carbons (Fsp3) is 0.111. The van der Waals surface area contributed by atoms with E-state index in [2.05, 4.69) is 20.5 Å². The van der Waals surface area contributed by atoms with Gasteiger partial charge in [-0.05, 0) is 36.8 Å². The van der Waals surface area contributed by atoms with Crippen LogP contribution in [0.5, 0.6) is 5.75 Å². The van der Waals surface area contributed by atoms with Crippen molar-refractivity contribution in [1.29, 1.82) is 0 Å². The number of methoxy groups -OCH3 is 1. The molecule has 2 heterocycles. The van der Waals surface area contributed by atoms with Crippen LogP contribution in [0.3, 0.4) is 0 Å². The summed E-state index contributed by atoms with van der Waals surface area (Å²) < 4.78 is 7.17. The lowest BCUT2D eigenvalue weighted by Crippen LogP contribution is -2.12. The molecule has 0 spiro atoms. The molecule has 0 unspecified atom stereocenters. The minimum Gasteiger partial charge on any atom is -0.497 e. The van der Waals surface area contributed by atoms with E-state index in [1.807, 2.05) is 85.8 Å². The summed E-state index contributed by atoms with van der Waals surface area (Å²) >= 11 is 0. The van der Waals surface area contributed by atoms with Gasteiger partial charge in [0.2, 0.25) is 0 Å². The number of aromatic nitrogens is 5. The van der Waals surface area contributed by atoms with E-state index in [4.69, 9.17) is 9.84 Å². The van der Waals surface area contributed by atoms with Crippen molar-refractivity contribution in [2.24, 2.45) is 0 Å². The number of rotatable bonds is 7. The van der Waals surface area contributed by atoms with Gasteiger partial charge in [0.1, 0.15) is 17.3 Å². The van der Waals surface area contributed by atoms with Gasteiger partial charge in [0, 0.05) is 23.0 Å². The Balaban J connectivity index is 1.48. The topological polar surface area (TPSA) is 97.7 Å². The Kier molecular flexibility index (Phi) is 6.09. The standard InChI is InChI=1S/C27H24N6O2/c1-18-28-26(31-30-18)21-11-6-12-22(14-21)29-27(34)24-17-33(16-19-8-4-3-5-9-19)32-25(24)20-10-7-13-23(15-20)35-2/h3-15,17H,16H2,1-2H3,(H,29,34)(H,28,30,31). The average molecular weight is 465 g/mol. The molecule has 2 aromatic heterocycles. The van der Waals surface area contributed by atoms with E-state index in [1.165, 1.54) is 0 Å². The van der Waals surface area contributed by atoms with Crippen LogP contribution >= 0.6 is 0 Å². The van der Waals surface area contributed by atoms with E-state index < -0.39 is 0 Å². The maximum atomic E-state index is 13.4. The van der Waals surface area contributed by atoms with E-state index in [0.717, 1.165) is 22.5 Å². The molecule has 0 aliphatic heterocycles. The lowest BCUT2D eigenvalue weighted by atomic mass is 10.1. The lowest BCUT2D eigenvalue weighted by molar-refractivity contribution is 0.102. The first kappa shape index (κ1) is 22.1. The number of hydrogen-bond acceptors (Lipinski definition) is 5. The number of carbonyl (C=O) groups is 1. The third-order valence-corrected chi connectivity index (χ3v) is 5.51. The van der Waals surface area contributed by atoms with Crippen molar-refractivity contribution in [3.63, 3.8) is 0 Å². The van der Waals surface area contributed by atoms with Crippen LogP contribution in [0, 0.1) is 6.92 Å². The van der Waals surface area contributed by atoms with E-state index >= 15 is 0 Å². The number of amides is 1. The molecule has 0 fully saturated rings. The Bertz CT molecular complexity index is 1470. The van der Waals surface area contributed by atoms with Gasteiger partial charge in [-0.1, -0.05) is 54.6 Å². The fourth-order valence-corrected chi connectivity index (χ4v) is 3.83. The van der Waals surface area contributed by atoms with Gasteiger partial charge in [-0.15, -0.1) is 0 Å². The average Bonchev–Trinajstić information content (AvgIpc) is 3.51. The molecule has 8 nitrogen and oxygen atoms in total. The second-order valence-corrected chi connectivity index (χ2v) is 8.09. The summed E-state index contributed by atoms with van der Waals surface area (Å²) in [5.74, 6) is 1.74. The van der Waals surface area contributed by atoms with Crippen molar-refractivity contribution in [3.8, 4) is 28.4 Å². The van der Waals surface area contributed by atoms with Crippen molar-refractivity contribution in [3.05, 3.63) is 102 Å². The quantitative estimate of drug-likeness (QED) is 0.355. The number of aromatic amines is 1. The number of aryl methyl sites for hydroxylation is 1. The molecule has 0 aliphatic rings. The van der Waals surface area contributed by atoms with Crippen molar-refractivity contribution in [1.82, 2.24) is 25.0 Å². The first-order valence-corrected chi connectivity index (χ1v) is 11.2. The van der Waals surface area contributed by atoms with E-state index in [1.54, 1.807) is 18.0 Å². The molecule has 0 saturated carbocycles. The second kappa shape index (κ2) is 9.64. The van der Waals surface area contributed by atoms with Crippen LogP contribution in [-0.2, 0) is 6.54 Å². The number of ether oxygens (including phenoxy) is 1. The Morgan fingerprint density at radius 1 is 1.00 bits per heavy atom. The summed E-state index contributed by atoms with van der Waals surface area (Å²) in [6, 6.07) is 25.0. The van der Waals surface area contributed by atoms with Gasteiger partial charge >= 0.3 is 0 Å². The van der Waals surface area contributed by atoms with E-state index in [0.29, 0.717) is 35.1 Å². The zero-order chi connectivity index (χ0) is 24.2. The molecule has 3 aromatic carbocycles. The van der Waals surface area contributed by atoms with Gasteiger partial charge < -0.3 is 10.1 Å². The molecule has 0 radical (unpaired) electrons. The van der Waals surface area contributed by atoms with Crippen LogP contribution in [0.25, 0.3) is 22.6 Å². The molecule has 0 atom stereocenters. The summed E-state index contributed by atoms with van der Waals surface area (Å²) in [4.78, 5) is 17.8. The van der Waals surface area contributed by atoms with Crippen LogP contribution in [-0.4, -0.2) is 38.0 Å². The molecule has 0 saturated heterocycles. The second-order valence-electron chi connectivity index (χ2n) is 8.09. The predicted molar refractivity (Wildman–Crippen MR) is 134 cm³/mol. The summed E-state index contributed by atoms with van der Waals surface area (Å²) in [5, 5.41) is 14.8. The molecule has 1 amide bonds. The number of benzene rings is 3. The molecule has 0 bridgehead atoms. The molecule has 35 heavy (non-hydrogen) atoms. The smallest absolute Gasteiger partial charge is 0.259 e. The Morgan fingerprint density at radius 3 is 2.57 bits per heavy atom. The largest absolute Gasteiger partial charge is 0.497 e. The summed E-state index contributed by atoms with van der Waals surface area (Å²) in [6.45, 7) is 2.39. The lowest BCUT2D eigenvalue weighted by Gasteiger charge is -2.07. The Hall–Kier alpha value is -4.72. The summed E-state index contributed by atoms with van der Waals surface area (Å²) in [6.07, 6.45) is 1.78. The number of carbonyl (C=O) groups excluding carboxylic acids is 1. The normalized spacial score (nSPS) is 10.8. The third kappa shape index (κ3) is 4.96. The van der Waals surface area contributed by atoms with Gasteiger partial charge in [-0.2, -0.15) is 10.2 Å². The third-order valence-electron chi connectivity index (χ3n) is 5.51. The predicted octanol–water partition coefficient (Wildman–Crippen LogP) is 4.95. The highest BCUT2D eigenvalue weighted by molar-refractivity contribution is 6.08. The fourth-order valence-electron chi connectivity index (χ4n) is 3.83. The molecule has 2 N–H and O–H groups in total. The molecular weight excluding hydrogens is 440 g/mol. The molecular formula is C27H24N6O2. The number of nitrogens with one attached hydrogen (secondary N) is 2. The first-order chi connectivity index (χ1) is 17.1. The van der Waals surface area contributed by atoms with Gasteiger partial charge in [-0.3, -0.25) is 14.6 Å². The van der Waals surface area contributed by atoms with Gasteiger partial charge in [-0.25, -0.2) is 4.98 Å². The maximum absolute atomic E-state index is 13.4. The highest BCUT2D eigenvalue weighted by Crippen LogP contribution is 2.27.